The van der Waals surface area contributed by atoms with Crippen molar-refractivity contribution in [3.8, 4) is 11.5 Å². The van der Waals surface area contributed by atoms with Crippen LogP contribution >= 0.6 is 0 Å². The van der Waals surface area contributed by atoms with Gasteiger partial charge in [-0.05, 0) is 18.6 Å². The first-order valence-electron chi connectivity index (χ1n) is 5.52. The van der Waals surface area contributed by atoms with Gasteiger partial charge in [-0.2, -0.15) is 0 Å². The standard InChI is InChI=1S/C12H17NO4/c1-8-3-11-12(17-7-16-11)4-10(8)13(2)5-9(15)6-14/h3-4,9,14-15H,5-7H2,1-2H3. The summed E-state index contributed by atoms with van der Waals surface area (Å²) in [5.41, 5.74) is 2.00. The molecule has 94 valence electrons. The van der Waals surface area contributed by atoms with Crippen molar-refractivity contribution in [2.75, 3.05) is 31.9 Å². The van der Waals surface area contributed by atoms with Crippen molar-refractivity contribution >= 4 is 5.69 Å². The van der Waals surface area contributed by atoms with Gasteiger partial charge in [-0.1, -0.05) is 0 Å². The molecule has 0 radical (unpaired) electrons. The molecule has 0 saturated carbocycles. The summed E-state index contributed by atoms with van der Waals surface area (Å²) in [4.78, 5) is 1.89. The summed E-state index contributed by atoms with van der Waals surface area (Å²) in [5, 5.41) is 18.3. The molecule has 0 spiro atoms. The maximum atomic E-state index is 9.43. The van der Waals surface area contributed by atoms with E-state index in [0.717, 1.165) is 22.7 Å². The third-order valence-electron chi connectivity index (χ3n) is 2.80. The fraction of sp³-hybridized carbons (Fsp3) is 0.500. The van der Waals surface area contributed by atoms with Crippen LogP contribution in [-0.2, 0) is 0 Å². The highest BCUT2D eigenvalue weighted by Crippen LogP contribution is 2.37. The van der Waals surface area contributed by atoms with Gasteiger partial charge in [0, 0.05) is 25.3 Å². The van der Waals surface area contributed by atoms with Crippen LogP contribution in [0.3, 0.4) is 0 Å². The lowest BCUT2D eigenvalue weighted by Crippen LogP contribution is -2.31. The number of anilines is 1. The van der Waals surface area contributed by atoms with E-state index in [1.54, 1.807) is 0 Å². The minimum Gasteiger partial charge on any atom is -0.454 e. The van der Waals surface area contributed by atoms with Gasteiger partial charge in [-0.3, -0.25) is 0 Å². The van der Waals surface area contributed by atoms with Gasteiger partial charge < -0.3 is 24.6 Å². The second-order valence-corrected chi connectivity index (χ2v) is 4.21. The summed E-state index contributed by atoms with van der Waals surface area (Å²) in [7, 11) is 1.86. The molecule has 0 saturated heterocycles. The Kier molecular flexibility index (Phi) is 3.40. The molecule has 0 amide bonds. The number of nitrogens with zero attached hydrogens (tertiary/aromatic N) is 1. The third kappa shape index (κ3) is 2.45. The van der Waals surface area contributed by atoms with Gasteiger partial charge in [-0.15, -0.1) is 0 Å². The number of aliphatic hydroxyl groups is 2. The zero-order valence-electron chi connectivity index (χ0n) is 10.0. The van der Waals surface area contributed by atoms with E-state index >= 15 is 0 Å². The highest BCUT2D eigenvalue weighted by molar-refractivity contribution is 5.62. The predicted molar refractivity (Wildman–Crippen MR) is 63.7 cm³/mol. The molecule has 2 rings (SSSR count). The monoisotopic (exact) mass is 239 g/mol. The van der Waals surface area contributed by atoms with Crippen LogP contribution in [0.15, 0.2) is 12.1 Å². The van der Waals surface area contributed by atoms with Crippen molar-refractivity contribution in [2.24, 2.45) is 0 Å². The molecule has 2 N–H and O–H groups in total. The van der Waals surface area contributed by atoms with E-state index in [1.165, 1.54) is 0 Å². The molecule has 0 fully saturated rings. The van der Waals surface area contributed by atoms with Crippen LogP contribution in [0.2, 0.25) is 0 Å². The smallest absolute Gasteiger partial charge is 0.231 e. The maximum absolute atomic E-state index is 9.43. The Balaban J connectivity index is 2.20. The molecule has 1 atom stereocenters. The lowest BCUT2D eigenvalue weighted by molar-refractivity contribution is 0.101. The zero-order valence-corrected chi connectivity index (χ0v) is 10.0. The minimum absolute atomic E-state index is 0.242. The highest BCUT2D eigenvalue weighted by atomic mass is 16.7. The molecule has 1 aliphatic heterocycles. The Labute approximate surface area is 100 Å². The molecule has 5 heteroatoms. The lowest BCUT2D eigenvalue weighted by Gasteiger charge is -2.23. The number of hydrogen-bond donors (Lipinski definition) is 2. The van der Waals surface area contributed by atoms with E-state index in [-0.39, 0.29) is 13.4 Å². The Bertz CT molecular complexity index is 408. The summed E-state index contributed by atoms with van der Waals surface area (Å²) in [6, 6.07) is 3.81. The first kappa shape index (κ1) is 12.0. The third-order valence-corrected chi connectivity index (χ3v) is 2.80. The van der Waals surface area contributed by atoms with Gasteiger partial charge in [0.15, 0.2) is 11.5 Å². The van der Waals surface area contributed by atoms with Crippen molar-refractivity contribution in [3.05, 3.63) is 17.7 Å². The number of ether oxygens (including phenoxy) is 2. The molecular weight excluding hydrogens is 222 g/mol. The Hall–Kier alpha value is -1.46. The van der Waals surface area contributed by atoms with E-state index in [2.05, 4.69) is 0 Å². The molecule has 0 bridgehead atoms. The number of likely N-dealkylation sites (N-methyl/N-ethyl adjacent to an activating group) is 1. The van der Waals surface area contributed by atoms with Crippen LogP contribution < -0.4 is 14.4 Å². The van der Waals surface area contributed by atoms with Crippen LogP contribution in [-0.4, -0.2) is 43.3 Å². The molecule has 1 aromatic rings. The second kappa shape index (κ2) is 4.81. The molecule has 0 aliphatic carbocycles. The van der Waals surface area contributed by atoms with E-state index < -0.39 is 6.10 Å². The zero-order chi connectivity index (χ0) is 12.4. The number of aryl methyl sites for hydroxylation is 1. The van der Waals surface area contributed by atoms with E-state index in [1.807, 2.05) is 31.0 Å². The van der Waals surface area contributed by atoms with Crippen molar-refractivity contribution in [1.82, 2.24) is 0 Å². The predicted octanol–water partition coefficient (Wildman–Crippen LogP) is 0.513. The van der Waals surface area contributed by atoms with Crippen LogP contribution in [0, 0.1) is 6.92 Å². The summed E-state index contributed by atoms with van der Waals surface area (Å²) < 4.78 is 10.6. The molecule has 0 aromatic heterocycles. The van der Waals surface area contributed by atoms with Crippen LogP contribution in [0.5, 0.6) is 11.5 Å². The SMILES string of the molecule is Cc1cc2c(cc1N(C)CC(O)CO)OCO2. The molecule has 17 heavy (non-hydrogen) atoms. The largest absolute Gasteiger partial charge is 0.454 e. The van der Waals surface area contributed by atoms with Crippen molar-refractivity contribution in [2.45, 2.75) is 13.0 Å². The van der Waals surface area contributed by atoms with Gasteiger partial charge >= 0.3 is 0 Å². The number of hydrogen-bond acceptors (Lipinski definition) is 5. The number of benzene rings is 1. The van der Waals surface area contributed by atoms with Crippen molar-refractivity contribution in [3.63, 3.8) is 0 Å². The summed E-state index contributed by atoms with van der Waals surface area (Å²) >= 11 is 0. The van der Waals surface area contributed by atoms with Gasteiger partial charge in [0.05, 0.1) is 12.7 Å². The molecule has 5 nitrogen and oxygen atoms in total. The lowest BCUT2D eigenvalue weighted by atomic mass is 10.1. The Morgan fingerprint density at radius 1 is 1.35 bits per heavy atom. The fourth-order valence-electron chi connectivity index (χ4n) is 1.92. The van der Waals surface area contributed by atoms with Gasteiger partial charge in [0.2, 0.25) is 6.79 Å². The summed E-state index contributed by atoms with van der Waals surface area (Å²) in [5.74, 6) is 1.47. The van der Waals surface area contributed by atoms with Crippen LogP contribution in [0.4, 0.5) is 5.69 Å². The van der Waals surface area contributed by atoms with E-state index in [0.29, 0.717) is 6.54 Å². The Morgan fingerprint density at radius 2 is 2.00 bits per heavy atom. The average Bonchev–Trinajstić information content (AvgIpc) is 2.74. The van der Waals surface area contributed by atoms with Crippen molar-refractivity contribution < 1.29 is 19.7 Å². The van der Waals surface area contributed by atoms with Gasteiger partial charge in [0.1, 0.15) is 0 Å². The molecular formula is C12H17NO4. The topological polar surface area (TPSA) is 62.2 Å². The van der Waals surface area contributed by atoms with Crippen LogP contribution in [0.25, 0.3) is 0 Å². The number of fused-ring (bicyclic) bond motifs is 1. The summed E-state index contributed by atoms with van der Waals surface area (Å²) in [6.45, 7) is 2.35. The highest BCUT2D eigenvalue weighted by Gasteiger charge is 2.18. The number of aliphatic hydroxyl groups excluding tert-OH is 2. The maximum Gasteiger partial charge on any atom is 0.231 e. The van der Waals surface area contributed by atoms with Gasteiger partial charge in [0.25, 0.3) is 0 Å². The van der Waals surface area contributed by atoms with Crippen LogP contribution in [0.1, 0.15) is 5.56 Å². The Morgan fingerprint density at radius 3 is 2.65 bits per heavy atom. The quantitative estimate of drug-likeness (QED) is 0.801. The minimum atomic E-state index is -0.746. The molecule has 1 heterocycles. The first-order chi connectivity index (χ1) is 8.11. The molecule has 1 aromatic carbocycles. The van der Waals surface area contributed by atoms with Crippen molar-refractivity contribution in [1.29, 1.82) is 0 Å². The fourth-order valence-corrected chi connectivity index (χ4v) is 1.92. The summed E-state index contributed by atoms with van der Waals surface area (Å²) in [6.07, 6.45) is -0.746. The molecule has 1 aliphatic rings. The number of rotatable bonds is 4. The second-order valence-electron chi connectivity index (χ2n) is 4.21. The van der Waals surface area contributed by atoms with E-state index in [9.17, 15) is 5.11 Å². The normalized spacial score (nSPS) is 14.8. The van der Waals surface area contributed by atoms with E-state index in [4.69, 9.17) is 14.6 Å². The average molecular weight is 239 g/mol. The first-order valence-corrected chi connectivity index (χ1v) is 5.52. The molecule has 1 unspecified atom stereocenters. The van der Waals surface area contributed by atoms with Gasteiger partial charge in [-0.25, -0.2) is 0 Å².